The molecule has 140 valence electrons. The number of aliphatic hydroxyl groups is 1. The summed E-state index contributed by atoms with van der Waals surface area (Å²) < 4.78 is 5.47. The Labute approximate surface area is 155 Å². The summed E-state index contributed by atoms with van der Waals surface area (Å²) in [6.45, 7) is 7.08. The Bertz CT molecular complexity index is 683. The predicted octanol–water partition coefficient (Wildman–Crippen LogP) is 2.93. The minimum atomic E-state index is -0.760. The van der Waals surface area contributed by atoms with Crippen LogP contribution in [0.2, 0.25) is 0 Å². The lowest BCUT2D eigenvalue weighted by Gasteiger charge is -2.44. The van der Waals surface area contributed by atoms with Gasteiger partial charge in [-0.25, -0.2) is 0 Å². The van der Waals surface area contributed by atoms with Crippen LogP contribution in [0.25, 0.3) is 0 Å². The van der Waals surface area contributed by atoms with E-state index in [4.69, 9.17) is 4.42 Å². The summed E-state index contributed by atoms with van der Waals surface area (Å²) in [6, 6.07) is 8.68. The van der Waals surface area contributed by atoms with Crippen LogP contribution in [0, 0.1) is 6.92 Å². The van der Waals surface area contributed by atoms with E-state index >= 15 is 0 Å². The van der Waals surface area contributed by atoms with E-state index < -0.39 is 5.60 Å². The van der Waals surface area contributed by atoms with Crippen LogP contribution < -0.4 is 0 Å². The normalized spacial score (nSPS) is 22.5. The second-order valence-corrected chi connectivity index (χ2v) is 7.88. The zero-order chi connectivity index (χ0) is 18.0. The van der Waals surface area contributed by atoms with E-state index in [1.54, 1.807) is 6.26 Å². The number of hydrogen-bond donors (Lipinski definition) is 1. The summed E-state index contributed by atoms with van der Waals surface area (Å²) in [5.74, 6) is 1.05. The minimum Gasteiger partial charge on any atom is -0.468 e. The van der Waals surface area contributed by atoms with Crippen molar-refractivity contribution < 1.29 is 9.52 Å². The first kappa shape index (κ1) is 17.7. The molecule has 0 saturated carbocycles. The Morgan fingerprint density at radius 3 is 2.54 bits per heavy atom. The number of hydrogen-bond acceptors (Lipinski definition) is 5. The monoisotopic (exact) mass is 355 g/mol. The van der Waals surface area contributed by atoms with E-state index in [1.165, 1.54) is 12.8 Å². The molecule has 0 spiro atoms. The number of rotatable bonds is 4. The quantitative estimate of drug-likeness (QED) is 0.914. The fourth-order valence-corrected chi connectivity index (χ4v) is 4.32. The van der Waals surface area contributed by atoms with Gasteiger partial charge in [0.25, 0.3) is 0 Å². The van der Waals surface area contributed by atoms with Crippen LogP contribution in [0.1, 0.15) is 42.7 Å². The van der Waals surface area contributed by atoms with Crippen molar-refractivity contribution in [2.24, 2.45) is 0 Å². The predicted molar refractivity (Wildman–Crippen MR) is 101 cm³/mol. The third-order valence-electron chi connectivity index (χ3n) is 6.05. The Morgan fingerprint density at radius 1 is 1.15 bits per heavy atom. The average Bonchev–Trinajstić information content (AvgIpc) is 3.17. The molecule has 26 heavy (non-hydrogen) atoms. The van der Waals surface area contributed by atoms with Crippen molar-refractivity contribution >= 4 is 0 Å². The molecule has 4 rings (SSSR count). The lowest BCUT2D eigenvalue weighted by molar-refractivity contribution is -0.0453. The highest BCUT2D eigenvalue weighted by molar-refractivity contribution is 5.18. The van der Waals surface area contributed by atoms with Crippen LogP contribution in [-0.4, -0.2) is 52.1 Å². The fourth-order valence-electron chi connectivity index (χ4n) is 4.32. The topological polar surface area (TPSA) is 52.7 Å². The van der Waals surface area contributed by atoms with Crippen molar-refractivity contribution in [2.75, 3.05) is 26.2 Å². The van der Waals surface area contributed by atoms with Crippen molar-refractivity contribution in [3.8, 4) is 0 Å². The third kappa shape index (κ3) is 3.85. The standard InChI is InChI=1S/C21H29N3O2/c1-17-4-5-20(22-15-17)21(25)8-12-24(13-9-21)18-6-10-23(11-7-18)16-19-3-2-14-26-19/h2-5,14-15,18,25H,6-13,16H2,1H3. The van der Waals surface area contributed by atoms with Gasteiger partial charge in [0.1, 0.15) is 11.4 Å². The van der Waals surface area contributed by atoms with Gasteiger partial charge in [0.2, 0.25) is 0 Å². The zero-order valence-electron chi connectivity index (χ0n) is 15.6. The summed E-state index contributed by atoms with van der Waals surface area (Å²) in [5.41, 5.74) is 1.21. The van der Waals surface area contributed by atoms with Crippen molar-refractivity contribution in [1.82, 2.24) is 14.8 Å². The zero-order valence-corrected chi connectivity index (χ0v) is 15.6. The smallest absolute Gasteiger partial charge is 0.117 e. The maximum Gasteiger partial charge on any atom is 0.117 e. The van der Waals surface area contributed by atoms with Gasteiger partial charge in [0.15, 0.2) is 0 Å². The molecule has 0 radical (unpaired) electrons. The summed E-state index contributed by atoms with van der Waals surface area (Å²) in [4.78, 5) is 9.53. The van der Waals surface area contributed by atoms with Crippen LogP contribution in [0.5, 0.6) is 0 Å². The van der Waals surface area contributed by atoms with Gasteiger partial charge in [-0.3, -0.25) is 9.88 Å². The molecule has 0 unspecified atom stereocenters. The molecule has 0 atom stereocenters. The molecule has 5 nitrogen and oxygen atoms in total. The van der Waals surface area contributed by atoms with Crippen LogP contribution >= 0.6 is 0 Å². The molecule has 2 aliphatic heterocycles. The molecule has 2 saturated heterocycles. The number of furan rings is 1. The van der Waals surface area contributed by atoms with Crippen molar-refractivity contribution in [1.29, 1.82) is 0 Å². The van der Waals surface area contributed by atoms with Gasteiger partial charge in [-0.2, -0.15) is 0 Å². The lowest BCUT2D eigenvalue weighted by Crippen LogP contribution is -2.50. The van der Waals surface area contributed by atoms with Gasteiger partial charge in [-0.1, -0.05) is 6.07 Å². The van der Waals surface area contributed by atoms with E-state index in [-0.39, 0.29) is 0 Å². The highest BCUT2D eigenvalue weighted by atomic mass is 16.3. The van der Waals surface area contributed by atoms with Crippen molar-refractivity contribution in [2.45, 2.75) is 50.8 Å². The van der Waals surface area contributed by atoms with Crippen LogP contribution in [0.4, 0.5) is 0 Å². The molecular formula is C21H29N3O2. The molecule has 2 aromatic heterocycles. The molecule has 0 aliphatic carbocycles. The first-order valence-electron chi connectivity index (χ1n) is 9.77. The van der Waals surface area contributed by atoms with E-state index in [2.05, 4.69) is 20.9 Å². The number of likely N-dealkylation sites (tertiary alicyclic amines) is 2. The highest BCUT2D eigenvalue weighted by Gasteiger charge is 2.37. The lowest BCUT2D eigenvalue weighted by atomic mass is 9.86. The van der Waals surface area contributed by atoms with Gasteiger partial charge >= 0.3 is 0 Å². The summed E-state index contributed by atoms with van der Waals surface area (Å²) >= 11 is 0. The van der Waals surface area contributed by atoms with Gasteiger partial charge in [0.05, 0.1) is 18.5 Å². The Balaban J connectivity index is 1.28. The van der Waals surface area contributed by atoms with E-state index in [1.807, 2.05) is 31.3 Å². The maximum atomic E-state index is 11.0. The molecule has 0 aromatic carbocycles. The van der Waals surface area contributed by atoms with Crippen LogP contribution in [0.15, 0.2) is 41.1 Å². The van der Waals surface area contributed by atoms with Crippen molar-refractivity contribution in [3.05, 3.63) is 53.7 Å². The summed E-state index contributed by atoms with van der Waals surface area (Å²) in [5, 5.41) is 11.0. The molecule has 2 fully saturated rings. The maximum absolute atomic E-state index is 11.0. The first-order chi connectivity index (χ1) is 12.6. The SMILES string of the molecule is Cc1ccc(C2(O)CCN(C3CCN(Cc4ccco4)CC3)CC2)nc1. The van der Waals surface area contributed by atoms with Gasteiger partial charge in [-0.15, -0.1) is 0 Å². The number of pyridine rings is 1. The Hall–Kier alpha value is -1.69. The Morgan fingerprint density at radius 2 is 1.92 bits per heavy atom. The molecule has 5 heteroatoms. The number of nitrogens with zero attached hydrogens (tertiary/aromatic N) is 3. The van der Waals surface area contributed by atoms with Gasteiger partial charge in [0, 0.05) is 38.4 Å². The van der Waals surface area contributed by atoms with E-state index in [9.17, 15) is 5.11 Å². The molecular weight excluding hydrogens is 326 g/mol. The molecule has 0 amide bonds. The van der Waals surface area contributed by atoms with Crippen molar-refractivity contribution in [3.63, 3.8) is 0 Å². The average molecular weight is 355 g/mol. The third-order valence-corrected chi connectivity index (χ3v) is 6.05. The highest BCUT2D eigenvalue weighted by Crippen LogP contribution is 2.33. The fraction of sp³-hybridized carbons (Fsp3) is 0.571. The second-order valence-electron chi connectivity index (χ2n) is 7.88. The van der Waals surface area contributed by atoms with Crippen LogP contribution in [-0.2, 0) is 12.1 Å². The largest absolute Gasteiger partial charge is 0.468 e. The minimum absolute atomic E-state index is 0.637. The molecule has 1 N–H and O–H groups in total. The molecule has 2 aromatic rings. The number of aryl methyl sites for hydroxylation is 1. The van der Waals surface area contributed by atoms with E-state index in [0.717, 1.165) is 62.6 Å². The number of piperidine rings is 2. The second kappa shape index (κ2) is 7.51. The van der Waals surface area contributed by atoms with E-state index in [0.29, 0.717) is 6.04 Å². The van der Waals surface area contributed by atoms with Gasteiger partial charge in [-0.05, 0) is 56.4 Å². The van der Waals surface area contributed by atoms with Gasteiger partial charge < -0.3 is 14.4 Å². The first-order valence-corrected chi connectivity index (χ1v) is 9.77. The Kier molecular flexibility index (Phi) is 5.11. The summed E-state index contributed by atoms with van der Waals surface area (Å²) in [7, 11) is 0. The van der Waals surface area contributed by atoms with Crippen LogP contribution in [0.3, 0.4) is 0 Å². The summed E-state index contributed by atoms with van der Waals surface area (Å²) in [6.07, 6.45) is 7.55. The molecule has 4 heterocycles. The molecule has 2 aliphatic rings. The molecule has 0 bridgehead atoms. The number of aromatic nitrogens is 1.